The number of hydrogen-bond acceptors (Lipinski definition) is 3. The summed E-state index contributed by atoms with van der Waals surface area (Å²) in [5.41, 5.74) is 6.60. The van der Waals surface area contributed by atoms with Crippen LogP contribution in [0.5, 0.6) is 5.75 Å². The standard InChI is InChI=1S/C10H13N3O2S/c1-12-10(14)13-8-6(9(11)16)4-3-5-7(8)15-2/h3-5H,1-2H3,(H2,11,16)(H2,12,13,14). The average molecular weight is 239 g/mol. The second-order valence-corrected chi connectivity index (χ2v) is 3.39. The minimum atomic E-state index is -0.359. The van der Waals surface area contributed by atoms with E-state index in [4.69, 9.17) is 22.7 Å². The van der Waals surface area contributed by atoms with Crippen molar-refractivity contribution >= 4 is 28.9 Å². The zero-order chi connectivity index (χ0) is 12.1. The van der Waals surface area contributed by atoms with Crippen LogP contribution in [0.2, 0.25) is 0 Å². The number of anilines is 1. The second kappa shape index (κ2) is 5.32. The zero-order valence-electron chi connectivity index (χ0n) is 9.03. The van der Waals surface area contributed by atoms with Crippen molar-refractivity contribution in [2.24, 2.45) is 5.73 Å². The third-order valence-corrected chi connectivity index (χ3v) is 2.20. The summed E-state index contributed by atoms with van der Waals surface area (Å²) in [6.45, 7) is 0. The summed E-state index contributed by atoms with van der Waals surface area (Å²) in [5.74, 6) is 0.508. The van der Waals surface area contributed by atoms with Crippen molar-refractivity contribution in [2.75, 3.05) is 19.5 Å². The molecule has 0 aliphatic carbocycles. The molecule has 0 radical (unpaired) electrons. The summed E-state index contributed by atoms with van der Waals surface area (Å²) >= 11 is 4.90. The van der Waals surface area contributed by atoms with E-state index >= 15 is 0 Å². The number of rotatable bonds is 3. The molecule has 2 amide bonds. The Morgan fingerprint density at radius 3 is 2.69 bits per heavy atom. The molecule has 86 valence electrons. The fourth-order valence-corrected chi connectivity index (χ4v) is 1.38. The Balaban J connectivity index is 3.19. The van der Waals surface area contributed by atoms with Gasteiger partial charge in [0.2, 0.25) is 0 Å². The van der Waals surface area contributed by atoms with E-state index in [1.165, 1.54) is 14.2 Å². The Hall–Kier alpha value is -1.82. The Morgan fingerprint density at radius 2 is 2.19 bits per heavy atom. The molecule has 0 saturated heterocycles. The quantitative estimate of drug-likeness (QED) is 0.690. The molecule has 6 heteroatoms. The molecule has 1 rings (SSSR count). The lowest BCUT2D eigenvalue weighted by atomic mass is 10.1. The van der Waals surface area contributed by atoms with Gasteiger partial charge < -0.3 is 21.1 Å². The predicted molar refractivity (Wildman–Crippen MR) is 67.0 cm³/mol. The minimum absolute atomic E-state index is 0.199. The second-order valence-electron chi connectivity index (χ2n) is 2.95. The number of thiocarbonyl (C=S) groups is 1. The number of nitrogens with one attached hydrogen (secondary N) is 2. The average Bonchev–Trinajstić information content (AvgIpc) is 2.28. The van der Waals surface area contributed by atoms with Gasteiger partial charge in [-0.3, -0.25) is 0 Å². The molecule has 0 atom stereocenters. The number of benzene rings is 1. The van der Waals surface area contributed by atoms with Crippen LogP contribution >= 0.6 is 12.2 Å². The molecule has 0 saturated carbocycles. The summed E-state index contributed by atoms with van der Waals surface area (Å²) in [5, 5.41) is 5.06. The van der Waals surface area contributed by atoms with Gasteiger partial charge in [-0.1, -0.05) is 18.3 Å². The molecular weight excluding hydrogens is 226 g/mol. The minimum Gasteiger partial charge on any atom is -0.495 e. The Bertz CT molecular complexity index is 421. The third-order valence-electron chi connectivity index (χ3n) is 1.98. The van der Waals surface area contributed by atoms with E-state index in [1.807, 2.05) is 0 Å². The summed E-state index contributed by atoms with van der Waals surface area (Å²) < 4.78 is 5.12. The van der Waals surface area contributed by atoms with Gasteiger partial charge in [-0.2, -0.15) is 0 Å². The molecule has 5 nitrogen and oxygen atoms in total. The van der Waals surface area contributed by atoms with Crippen molar-refractivity contribution in [3.8, 4) is 5.75 Å². The lowest BCUT2D eigenvalue weighted by molar-refractivity contribution is 0.254. The van der Waals surface area contributed by atoms with Gasteiger partial charge in [0.25, 0.3) is 0 Å². The maximum atomic E-state index is 11.3. The number of carbonyl (C=O) groups is 1. The third kappa shape index (κ3) is 2.60. The number of methoxy groups -OCH3 is 1. The van der Waals surface area contributed by atoms with Gasteiger partial charge in [0, 0.05) is 12.6 Å². The van der Waals surface area contributed by atoms with Crippen LogP contribution in [0.25, 0.3) is 0 Å². The fraction of sp³-hybridized carbons (Fsp3) is 0.200. The molecule has 0 unspecified atom stereocenters. The van der Waals surface area contributed by atoms with E-state index in [0.29, 0.717) is 17.0 Å². The highest BCUT2D eigenvalue weighted by molar-refractivity contribution is 7.80. The smallest absolute Gasteiger partial charge is 0.319 e. The van der Waals surface area contributed by atoms with Gasteiger partial charge in [-0.05, 0) is 12.1 Å². The van der Waals surface area contributed by atoms with Crippen molar-refractivity contribution in [2.45, 2.75) is 0 Å². The van der Waals surface area contributed by atoms with Crippen LogP contribution < -0.4 is 21.1 Å². The normalized spacial score (nSPS) is 9.38. The van der Waals surface area contributed by atoms with Gasteiger partial charge in [-0.25, -0.2) is 4.79 Å². The number of para-hydroxylation sites is 1. The van der Waals surface area contributed by atoms with Crippen molar-refractivity contribution in [3.05, 3.63) is 23.8 Å². The maximum absolute atomic E-state index is 11.3. The molecule has 0 spiro atoms. The summed E-state index contributed by atoms with van der Waals surface area (Å²) in [6, 6.07) is 4.83. The molecule has 4 N–H and O–H groups in total. The van der Waals surface area contributed by atoms with E-state index in [1.54, 1.807) is 18.2 Å². The molecule has 0 aliphatic heterocycles. The number of amides is 2. The molecule has 0 aliphatic rings. The first kappa shape index (κ1) is 12.3. The van der Waals surface area contributed by atoms with Crippen LogP contribution in [0.3, 0.4) is 0 Å². The molecular formula is C10H13N3O2S. The number of carbonyl (C=O) groups excluding carboxylic acids is 1. The summed E-state index contributed by atoms with van der Waals surface area (Å²) in [7, 11) is 3.03. The molecule has 0 fully saturated rings. The largest absolute Gasteiger partial charge is 0.495 e. The van der Waals surface area contributed by atoms with Gasteiger partial charge in [0.15, 0.2) is 0 Å². The molecule has 1 aromatic carbocycles. The molecule has 1 aromatic rings. The van der Waals surface area contributed by atoms with Crippen LogP contribution in [0, 0.1) is 0 Å². The van der Waals surface area contributed by atoms with E-state index < -0.39 is 0 Å². The van der Waals surface area contributed by atoms with Crippen LogP contribution in [-0.4, -0.2) is 25.2 Å². The highest BCUT2D eigenvalue weighted by Crippen LogP contribution is 2.28. The first-order chi connectivity index (χ1) is 7.60. The Labute approximate surface area is 99.0 Å². The number of hydrogen-bond donors (Lipinski definition) is 3. The number of ether oxygens (including phenoxy) is 1. The topological polar surface area (TPSA) is 76.4 Å². The maximum Gasteiger partial charge on any atom is 0.319 e. The van der Waals surface area contributed by atoms with Gasteiger partial charge >= 0.3 is 6.03 Å². The highest BCUT2D eigenvalue weighted by Gasteiger charge is 2.12. The van der Waals surface area contributed by atoms with E-state index in [-0.39, 0.29) is 11.0 Å². The van der Waals surface area contributed by atoms with Crippen molar-refractivity contribution < 1.29 is 9.53 Å². The first-order valence-corrected chi connectivity index (χ1v) is 4.96. The SMILES string of the molecule is CNC(=O)Nc1c(OC)cccc1C(N)=S. The number of urea groups is 1. The fourth-order valence-electron chi connectivity index (χ4n) is 1.21. The molecule has 0 heterocycles. The Morgan fingerprint density at radius 1 is 1.50 bits per heavy atom. The first-order valence-electron chi connectivity index (χ1n) is 4.55. The van der Waals surface area contributed by atoms with Gasteiger partial charge in [0.05, 0.1) is 12.8 Å². The molecule has 16 heavy (non-hydrogen) atoms. The summed E-state index contributed by atoms with van der Waals surface area (Å²) in [6.07, 6.45) is 0. The molecule has 0 bridgehead atoms. The number of nitrogens with two attached hydrogens (primary N) is 1. The lowest BCUT2D eigenvalue weighted by Gasteiger charge is -2.13. The predicted octanol–water partition coefficient (Wildman–Crippen LogP) is 1.08. The van der Waals surface area contributed by atoms with Gasteiger partial charge in [-0.15, -0.1) is 0 Å². The zero-order valence-corrected chi connectivity index (χ0v) is 9.85. The van der Waals surface area contributed by atoms with E-state index in [9.17, 15) is 4.79 Å². The highest BCUT2D eigenvalue weighted by atomic mass is 32.1. The monoisotopic (exact) mass is 239 g/mol. The van der Waals surface area contributed by atoms with E-state index in [2.05, 4.69) is 10.6 Å². The Kier molecular flexibility index (Phi) is 4.07. The van der Waals surface area contributed by atoms with Crippen LogP contribution in [-0.2, 0) is 0 Å². The molecule has 0 aromatic heterocycles. The van der Waals surface area contributed by atoms with Crippen molar-refractivity contribution in [3.63, 3.8) is 0 Å². The van der Waals surface area contributed by atoms with Crippen LogP contribution in [0.4, 0.5) is 10.5 Å². The van der Waals surface area contributed by atoms with E-state index in [0.717, 1.165) is 0 Å². The van der Waals surface area contributed by atoms with Crippen molar-refractivity contribution in [1.82, 2.24) is 5.32 Å². The lowest BCUT2D eigenvalue weighted by Crippen LogP contribution is -2.26. The van der Waals surface area contributed by atoms with Gasteiger partial charge in [0.1, 0.15) is 10.7 Å². The van der Waals surface area contributed by atoms with Crippen LogP contribution in [0.15, 0.2) is 18.2 Å². The van der Waals surface area contributed by atoms with Crippen LogP contribution in [0.1, 0.15) is 5.56 Å². The summed E-state index contributed by atoms with van der Waals surface area (Å²) in [4.78, 5) is 11.5. The van der Waals surface area contributed by atoms with Crippen molar-refractivity contribution in [1.29, 1.82) is 0 Å².